The van der Waals surface area contributed by atoms with E-state index < -0.39 is 0 Å². The van der Waals surface area contributed by atoms with Crippen molar-refractivity contribution in [2.75, 3.05) is 0 Å². The molecule has 0 bridgehead atoms. The van der Waals surface area contributed by atoms with Gasteiger partial charge in [0.15, 0.2) is 5.43 Å². The zero-order valence-electron chi connectivity index (χ0n) is 9.09. The van der Waals surface area contributed by atoms with Gasteiger partial charge in [0.05, 0.1) is 5.39 Å². The Hall–Kier alpha value is -2.35. The Balaban J connectivity index is 2.30. The summed E-state index contributed by atoms with van der Waals surface area (Å²) in [4.78, 5) is 11.9. The molecule has 0 spiro atoms. The number of rotatable bonds is 1. The maximum atomic E-state index is 11.9. The van der Waals surface area contributed by atoms with Gasteiger partial charge in [-0.3, -0.25) is 4.79 Å². The molecule has 2 aromatic carbocycles. The summed E-state index contributed by atoms with van der Waals surface area (Å²) in [6, 6.07) is 18.4. The largest absolute Gasteiger partial charge is 0.456 e. The molecule has 1 aromatic heterocycles. The van der Waals surface area contributed by atoms with E-state index in [0.717, 1.165) is 5.56 Å². The third-order valence-corrected chi connectivity index (χ3v) is 2.69. The average Bonchev–Trinajstić information content (AvgIpc) is 2.40. The van der Waals surface area contributed by atoms with Crippen LogP contribution in [-0.4, -0.2) is 0 Å². The molecule has 2 heteroatoms. The Morgan fingerprint density at radius 3 is 2.35 bits per heavy atom. The molecule has 0 aliphatic heterocycles. The van der Waals surface area contributed by atoms with Crippen LogP contribution in [0.25, 0.3) is 22.3 Å². The minimum atomic E-state index is -0.00861. The maximum Gasteiger partial charge on any atom is 0.193 e. The van der Waals surface area contributed by atoms with E-state index in [1.807, 2.05) is 48.5 Å². The van der Waals surface area contributed by atoms with Crippen molar-refractivity contribution in [3.05, 3.63) is 70.9 Å². The third kappa shape index (κ3) is 1.74. The van der Waals surface area contributed by atoms with Crippen LogP contribution in [0.15, 0.2) is 69.9 Å². The second-order valence-corrected chi connectivity index (χ2v) is 3.84. The highest BCUT2D eigenvalue weighted by Gasteiger charge is 2.05. The van der Waals surface area contributed by atoms with Crippen molar-refractivity contribution in [1.29, 1.82) is 0 Å². The molecule has 17 heavy (non-hydrogen) atoms. The maximum absolute atomic E-state index is 11.9. The highest BCUT2D eigenvalue weighted by molar-refractivity contribution is 5.78. The molecule has 3 aromatic rings. The van der Waals surface area contributed by atoms with Crippen molar-refractivity contribution in [3.63, 3.8) is 0 Å². The lowest BCUT2D eigenvalue weighted by Crippen LogP contribution is -1.99. The lowest BCUT2D eigenvalue weighted by molar-refractivity contribution is 0.619. The third-order valence-electron chi connectivity index (χ3n) is 2.69. The van der Waals surface area contributed by atoms with E-state index in [2.05, 4.69) is 0 Å². The number of fused-ring (bicyclic) bond motifs is 1. The van der Waals surface area contributed by atoms with Gasteiger partial charge < -0.3 is 4.42 Å². The normalized spacial score (nSPS) is 10.6. The second-order valence-electron chi connectivity index (χ2n) is 3.84. The van der Waals surface area contributed by atoms with E-state index in [4.69, 9.17) is 4.42 Å². The van der Waals surface area contributed by atoms with Crippen LogP contribution < -0.4 is 5.43 Å². The molecule has 0 saturated carbocycles. The number of benzene rings is 2. The van der Waals surface area contributed by atoms with Crippen LogP contribution in [0.1, 0.15) is 0 Å². The summed E-state index contributed by atoms with van der Waals surface area (Å²) in [5.74, 6) is 0.606. The van der Waals surface area contributed by atoms with E-state index in [9.17, 15) is 4.79 Å². The first-order valence-electron chi connectivity index (χ1n) is 5.43. The van der Waals surface area contributed by atoms with Crippen LogP contribution in [0.3, 0.4) is 0 Å². The molecular weight excluding hydrogens is 218 g/mol. The molecule has 0 fully saturated rings. The van der Waals surface area contributed by atoms with E-state index in [1.165, 1.54) is 6.07 Å². The summed E-state index contributed by atoms with van der Waals surface area (Å²) in [7, 11) is 0. The Morgan fingerprint density at radius 1 is 0.824 bits per heavy atom. The summed E-state index contributed by atoms with van der Waals surface area (Å²) < 4.78 is 5.73. The summed E-state index contributed by atoms with van der Waals surface area (Å²) in [5, 5.41) is 0.618. The molecule has 2 nitrogen and oxygen atoms in total. The smallest absolute Gasteiger partial charge is 0.193 e. The van der Waals surface area contributed by atoms with Crippen LogP contribution in [0.4, 0.5) is 0 Å². The predicted octanol–water partition coefficient (Wildman–Crippen LogP) is 3.46. The Morgan fingerprint density at radius 2 is 1.53 bits per heavy atom. The van der Waals surface area contributed by atoms with Gasteiger partial charge in [0, 0.05) is 11.6 Å². The minimum Gasteiger partial charge on any atom is -0.456 e. The quantitative estimate of drug-likeness (QED) is 0.638. The minimum absolute atomic E-state index is 0.00861. The highest BCUT2D eigenvalue weighted by atomic mass is 16.3. The molecule has 0 aliphatic carbocycles. The van der Waals surface area contributed by atoms with Crippen molar-refractivity contribution >= 4 is 11.0 Å². The second kappa shape index (κ2) is 3.91. The molecule has 82 valence electrons. The van der Waals surface area contributed by atoms with E-state index >= 15 is 0 Å². The van der Waals surface area contributed by atoms with Crippen molar-refractivity contribution in [1.82, 2.24) is 0 Å². The van der Waals surface area contributed by atoms with Gasteiger partial charge in [-0.2, -0.15) is 0 Å². The molecule has 3 rings (SSSR count). The molecule has 0 atom stereocenters. The van der Waals surface area contributed by atoms with E-state index in [0.29, 0.717) is 16.7 Å². The van der Waals surface area contributed by atoms with Crippen molar-refractivity contribution < 1.29 is 4.42 Å². The fourth-order valence-electron chi connectivity index (χ4n) is 1.85. The molecule has 0 N–H and O–H groups in total. The van der Waals surface area contributed by atoms with Gasteiger partial charge in [-0.1, -0.05) is 42.5 Å². The van der Waals surface area contributed by atoms with Crippen molar-refractivity contribution in [2.24, 2.45) is 0 Å². The first kappa shape index (κ1) is 9.85. The fraction of sp³-hybridized carbons (Fsp3) is 0. The van der Waals surface area contributed by atoms with Crippen LogP contribution in [0.5, 0.6) is 0 Å². The average molecular weight is 228 g/mol. The fourth-order valence-corrected chi connectivity index (χ4v) is 1.85. The van der Waals surface area contributed by atoms with Crippen molar-refractivity contribution in [2.45, 2.75) is 0 Å². The molecular formula is C15H10O2. The number of hydrogen-bond donors (Lipinski definition) is 0. The molecule has 1 heterocycles. The van der Waals surface area contributed by atoms with E-state index in [1.54, 1.807) is 6.07 Å². The molecule has 0 unspecified atom stereocenters. The summed E-state index contributed by atoms with van der Waals surface area (Å²) in [5.41, 5.74) is 1.53. The van der Waals surface area contributed by atoms with Gasteiger partial charge in [-0.15, -0.1) is 0 Å². The molecule has 0 aliphatic rings. The van der Waals surface area contributed by atoms with Gasteiger partial charge in [0.1, 0.15) is 11.3 Å². The standard InChI is InChI=1S/C15H10O2/c16-13-10-15(11-6-2-1-3-7-11)17-14-9-5-4-8-12(13)14/h1-10H/i1+1,2+1,3+1,6+1,7+1,11+1. The Kier molecular flexibility index (Phi) is 2.26. The Bertz CT molecular complexity index is 712. The summed E-state index contributed by atoms with van der Waals surface area (Å²) in [6.07, 6.45) is 0. The topological polar surface area (TPSA) is 30.2 Å². The SMILES string of the molecule is O=c1cc(-[13c]2[13cH][13cH][13cH][13cH][13cH]2)oc2ccccc12. The number of para-hydroxylation sites is 1. The van der Waals surface area contributed by atoms with Crippen LogP contribution in [0, 0.1) is 0 Å². The summed E-state index contributed by atoms with van der Waals surface area (Å²) in [6.45, 7) is 0. The monoisotopic (exact) mass is 228 g/mol. The van der Waals surface area contributed by atoms with E-state index in [-0.39, 0.29) is 5.43 Å². The Labute approximate surface area is 98.1 Å². The zero-order valence-corrected chi connectivity index (χ0v) is 9.09. The lowest BCUT2D eigenvalue weighted by Gasteiger charge is -2.02. The number of hydrogen-bond acceptors (Lipinski definition) is 2. The van der Waals surface area contributed by atoms with Gasteiger partial charge in [0.25, 0.3) is 0 Å². The molecule has 0 amide bonds. The van der Waals surface area contributed by atoms with Crippen molar-refractivity contribution in [3.8, 4) is 11.3 Å². The van der Waals surface area contributed by atoms with Crippen LogP contribution in [0.2, 0.25) is 0 Å². The first-order valence-corrected chi connectivity index (χ1v) is 5.43. The molecule has 0 saturated heterocycles. The highest BCUT2D eigenvalue weighted by Crippen LogP contribution is 2.21. The first-order chi connectivity index (χ1) is 8.34. The predicted molar refractivity (Wildman–Crippen MR) is 67.9 cm³/mol. The zero-order chi connectivity index (χ0) is 11.7. The van der Waals surface area contributed by atoms with Gasteiger partial charge in [0.2, 0.25) is 0 Å². The van der Waals surface area contributed by atoms with Gasteiger partial charge >= 0.3 is 0 Å². The molecule has 0 radical (unpaired) electrons. The van der Waals surface area contributed by atoms with Gasteiger partial charge in [-0.05, 0) is 12.1 Å². The lowest BCUT2D eigenvalue weighted by atomic mass is 10.2. The summed E-state index contributed by atoms with van der Waals surface area (Å²) >= 11 is 0. The van der Waals surface area contributed by atoms with Crippen LogP contribution in [-0.2, 0) is 0 Å². The van der Waals surface area contributed by atoms with Crippen LogP contribution >= 0.6 is 0 Å². The van der Waals surface area contributed by atoms with Gasteiger partial charge in [-0.25, -0.2) is 0 Å².